The molecule has 4 aromatic heterocycles. The fraction of sp³-hybridized carbons (Fsp3) is 0.286. The number of hydrogen-bond donors (Lipinski definition) is 3. The molecular formula is C28H24FN5O3. The van der Waals surface area contributed by atoms with Crippen LogP contribution in [-0.4, -0.2) is 40.7 Å². The van der Waals surface area contributed by atoms with Crippen LogP contribution >= 0.6 is 0 Å². The number of H-pyrrole nitrogens is 1. The maximum absolute atomic E-state index is 14.0. The molecule has 3 N–H and O–H groups in total. The van der Waals surface area contributed by atoms with E-state index in [9.17, 15) is 19.4 Å². The van der Waals surface area contributed by atoms with Crippen LogP contribution in [0.4, 0.5) is 4.39 Å². The molecule has 0 amide bonds. The first-order valence-electron chi connectivity index (χ1n) is 12.5. The van der Waals surface area contributed by atoms with E-state index in [1.807, 2.05) is 16.8 Å². The Morgan fingerprint density at radius 1 is 1.03 bits per heavy atom. The highest BCUT2D eigenvalue weighted by Gasteiger charge is 2.48. The number of nitrogens with zero attached hydrogens (tertiary/aromatic N) is 4. The highest BCUT2D eigenvalue weighted by atomic mass is 19.1. The zero-order valence-corrected chi connectivity index (χ0v) is 19.8. The number of benzene rings is 1. The van der Waals surface area contributed by atoms with Crippen molar-refractivity contribution in [1.29, 1.82) is 0 Å². The fourth-order valence-corrected chi connectivity index (χ4v) is 6.62. The smallest absolute Gasteiger partial charge is 0.308 e. The van der Waals surface area contributed by atoms with Crippen molar-refractivity contribution in [2.45, 2.75) is 31.7 Å². The van der Waals surface area contributed by atoms with Gasteiger partial charge in [0.25, 0.3) is 0 Å². The number of aromatic hydroxyl groups is 1. The van der Waals surface area contributed by atoms with Gasteiger partial charge in [-0.2, -0.15) is 0 Å². The van der Waals surface area contributed by atoms with Crippen molar-refractivity contribution >= 4 is 28.0 Å². The number of phenols is 1. The molecule has 3 aliphatic carbocycles. The van der Waals surface area contributed by atoms with Crippen molar-refractivity contribution in [3.05, 3.63) is 60.9 Å². The standard InChI is InChI=1S/C28H24FN5O3/c29-17-9-19-20(11-31-25(19)30-10-17)26-32-12-21-22(16-2-1-3-18(35)8-16)13-34(27(21)33-26)24-15-6-4-14(5-7-15)23(24)28(36)37/h1-3,8-15,23-24,35H,4-7H2,(H,30,31)(H,36,37)/t14?,15?,23-,24-/m1/s1. The quantitative estimate of drug-likeness (QED) is 0.300. The summed E-state index contributed by atoms with van der Waals surface area (Å²) >= 11 is 0. The van der Waals surface area contributed by atoms with Crippen LogP contribution in [0.3, 0.4) is 0 Å². The summed E-state index contributed by atoms with van der Waals surface area (Å²) in [6, 6.07) is 8.15. The van der Waals surface area contributed by atoms with Crippen LogP contribution in [0.25, 0.3) is 44.6 Å². The first kappa shape index (κ1) is 22.0. The lowest BCUT2D eigenvalue weighted by Gasteiger charge is -2.47. The highest BCUT2D eigenvalue weighted by Crippen LogP contribution is 2.52. The van der Waals surface area contributed by atoms with Gasteiger partial charge in [-0.1, -0.05) is 12.1 Å². The molecule has 1 aromatic carbocycles. The number of pyridine rings is 1. The number of carboxylic acid groups (broad SMARTS) is 1. The van der Waals surface area contributed by atoms with E-state index in [0.29, 0.717) is 28.1 Å². The van der Waals surface area contributed by atoms with Crippen LogP contribution in [0, 0.1) is 23.6 Å². The number of carbonyl (C=O) groups is 1. The second kappa shape index (κ2) is 8.12. The molecule has 5 aromatic rings. The van der Waals surface area contributed by atoms with Crippen molar-refractivity contribution < 1.29 is 19.4 Å². The van der Waals surface area contributed by atoms with Crippen LogP contribution in [0.15, 0.2) is 55.1 Å². The number of fused-ring (bicyclic) bond motifs is 5. The van der Waals surface area contributed by atoms with E-state index in [4.69, 9.17) is 4.98 Å². The van der Waals surface area contributed by atoms with Crippen molar-refractivity contribution in [2.24, 2.45) is 17.8 Å². The molecule has 2 atom stereocenters. The Hall–Kier alpha value is -4.27. The van der Waals surface area contributed by atoms with Crippen LogP contribution in [-0.2, 0) is 4.79 Å². The van der Waals surface area contributed by atoms with Gasteiger partial charge in [-0.05, 0) is 61.3 Å². The predicted octanol–water partition coefficient (Wildman–Crippen LogP) is 5.55. The van der Waals surface area contributed by atoms with E-state index in [-0.39, 0.29) is 23.6 Å². The second-order valence-corrected chi connectivity index (χ2v) is 10.2. The summed E-state index contributed by atoms with van der Waals surface area (Å²) in [5, 5.41) is 21.7. The first-order valence-corrected chi connectivity index (χ1v) is 12.5. The molecule has 37 heavy (non-hydrogen) atoms. The van der Waals surface area contributed by atoms with Crippen LogP contribution in [0.5, 0.6) is 5.75 Å². The van der Waals surface area contributed by atoms with Gasteiger partial charge in [0.15, 0.2) is 5.82 Å². The third kappa shape index (κ3) is 3.41. The largest absolute Gasteiger partial charge is 0.508 e. The Morgan fingerprint density at radius 2 is 1.84 bits per heavy atom. The molecular weight excluding hydrogens is 473 g/mol. The Kier molecular flexibility index (Phi) is 4.82. The molecule has 3 saturated carbocycles. The monoisotopic (exact) mass is 497 g/mol. The third-order valence-corrected chi connectivity index (χ3v) is 8.25. The summed E-state index contributed by atoms with van der Waals surface area (Å²) in [6.07, 6.45) is 10.4. The molecule has 0 unspecified atom stereocenters. The Morgan fingerprint density at radius 3 is 2.62 bits per heavy atom. The lowest BCUT2D eigenvalue weighted by molar-refractivity contribution is -0.151. The summed E-state index contributed by atoms with van der Waals surface area (Å²) in [5.74, 6) is -0.795. The lowest BCUT2D eigenvalue weighted by Crippen LogP contribution is -2.44. The highest BCUT2D eigenvalue weighted by molar-refractivity contribution is 5.97. The van der Waals surface area contributed by atoms with Crippen LogP contribution in [0.2, 0.25) is 0 Å². The third-order valence-electron chi connectivity index (χ3n) is 8.25. The van der Waals surface area contributed by atoms with E-state index in [1.165, 1.54) is 6.07 Å². The van der Waals surface area contributed by atoms with Crippen molar-refractivity contribution in [2.75, 3.05) is 0 Å². The number of aromatic amines is 1. The van der Waals surface area contributed by atoms with E-state index < -0.39 is 17.7 Å². The average Bonchev–Trinajstić information content (AvgIpc) is 3.49. The molecule has 0 saturated heterocycles. The van der Waals surface area contributed by atoms with Gasteiger partial charge in [-0.25, -0.2) is 19.3 Å². The molecule has 8 rings (SSSR count). The minimum Gasteiger partial charge on any atom is -0.508 e. The number of nitrogens with one attached hydrogen (secondary N) is 1. The normalized spacial score (nSPS) is 23.2. The van der Waals surface area contributed by atoms with Gasteiger partial charge in [0, 0.05) is 40.5 Å². The number of aliphatic carboxylic acids is 1. The molecule has 2 bridgehead atoms. The maximum atomic E-state index is 14.0. The molecule has 9 heteroatoms. The molecule has 0 aliphatic heterocycles. The molecule has 8 nitrogen and oxygen atoms in total. The van der Waals surface area contributed by atoms with Crippen LogP contribution in [0.1, 0.15) is 31.7 Å². The molecule has 4 heterocycles. The lowest BCUT2D eigenvalue weighted by atomic mass is 9.61. The predicted molar refractivity (Wildman–Crippen MR) is 135 cm³/mol. The van der Waals surface area contributed by atoms with Gasteiger partial charge in [0.1, 0.15) is 22.9 Å². The molecule has 0 spiro atoms. The molecule has 0 radical (unpaired) electrons. The van der Waals surface area contributed by atoms with Gasteiger partial charge in [0.2, 0.25) is 0 Å². The zero-order chi connectivity index (χ0) is 25.3. The fourth-order valence-electron chi connectivity index (χ4n) is 6.62. The van der Waals surface area contributed by atoms with E-state index in [0.717, 1.165) is 48.4 Å². The molecule has 3 fully saturated rings. The van der Waals surface area contributed by atoms with Gasteiger partial charge in [-0.3, -0.25) is 4.79 Å². The average molecular weight is 498 g/mol. The van der Waals surface area contributed by atoms with Gasteiger partial charge < -0.3 is 19.8 Å². The maximum Gasteiger partial charge on any atom is 0.308 e. The van der Waals surface area contributed by atoms with E-state index in [1.54, 1.807) is 30.6 Å². The molecule has 3 aliphatic rings. The summed E-state index contributed by atoms with van der Waals surface area (Å²) < 4.78 is 16.0. The zero-order valence-electron chi connectivity index (χ0n) is 19.8. The summed E-state index contributed by atoms with van der Waals surface area (Å²) in [7, 11) is 0. The minimum absolute atomic E-state index is 0.137. The number of aromatic nitrogens is 5. The van der Waals surface area contributed by atoms with Gasteiger partial charge in [0.05, 0.1) is 18.2 Å². The number of rotatable bonds is 4. The summed E-state index contributed by atoms with van der Waals surface area (Å²) in [6.45, 7) is 0. The topological polar surface area (TPSA) is 117 Å². The number of halogens is 1. The SMILES string of the molecule is O=C(O)[C@@H]1C2CCC(CC2)[C@H]1n1cc(-c2cccc(O)c2)c2cnc(-c3c[nH]c4ncc(F)cc34)nc21. The summed E-state index contributed by atoms with van der Waals surface area (Å²) in [5.41, 5.74) is 3.41. The molecule has 186 valence electrons. The Bertz CT molecular complexity index is 1680. The van der Waals surface area contributed by atoms with Gasteiger partial charge in [-0.15, -0.1) is 0 Å². The number of hydrogen-bond acceptors (Lipinski definition) is 5. The minimum atomic E-state index is -0.771. The Balaban J connectivity index is 1.47. The first-order chi connectivity index (χ1) is 18.0. The van der Waals surface area contributed by atoms with Crippen LogP contribution < -0.4 is 0 Å². The van der Waals surface area contributed by atoms with E-state index >= 15 is 0 Å². The van der Waals surface area contributed by atoms with E-state index in [2.05, 4.69) is 15.0 Å². The van der Waals surface area contributed by atoms with Crippen molar-refractivity contribution in [3.8, 4) is 28.3 Å². The summed E-state index contributed by atoms with van der Waals surface area (Å²) in [4.78, 5) is 29.2. The van der Waals surface area contributed by atoms with Gasteiger partial charge >= 0.3 is 5.97 Å². The number of phenolic OH excluding ortho intramolecular Hbond substituents is 1. The Labute approximate surface area is 210 Å². The number of carboxylic acids is 1. The van der Waals surface area contributed by atoms with Crippen molar-refractivity contribution in [3.63, 3.8) is 0 Å². The second-order valence-electron chi connectivity index (χ2n) is 10.2. The van der Waals surface area contributed by atoms with Crippen molar-refractivity contribution in [1.82, 2.24) is 24.5 Å².